The molecule has 1 aliphatic heterocycles. The molecule has 5 heteroatoms. The van der Waals surface area contributed by atoms with Gasteiger partial charge < -0.3 is 14.6 Å². The van der Waals surface area contributed by atoms with Gasteiger partial charge in [-0.15, -0.1) is 0 Å². The Labute approximate surface area is 124 Å². The van der Waals surface area contributed by atoms with Gasteiger partial charge in [0.15, 0.2) is 5.82 Å². The van der Waals surface area contributed by atoms with Gasteiger partial charge in [-0.2, -0.15) is 4.98 Å². The van der Waals surface area contributed by atoms with Crippen LogP contribution in [0.5, 0.6) is 0 Å². The van der Waals surface area contributed by atoms with Crippen LogP contribution < -0.4 is 5.32 Å². The molecule has 1 aromatic carbocycles. The maximum Gasteiger partial charge on any atom is 0.240 e. The minimum atomic E-state index is 0.400. The van der Waals surface area contributed by atoms with Gasteiger partial charge in [0.05, 0.1) is 13.2 Å². The lowest BCUT2D eigenvalue weighted by Crippen LogP contribution is -2.33. The second kappa shape index (κ2) is 6.83. The van der Waals surface area contributed by atoms with E-state index < -0.39 is 0 Å². The average Bonchev–Trinajstić information content (AvgIpc) is 3.17. The maximum absolute atomic E-state index is 5.41. The summed E-state index contributed by atoms with van der Waals surface area (Å²) in [6, 6.07) is 10.6. The summed E-state index contributed by atoms with van der Waals surface area (Å²) >= 11 is 0. The molecule has 0 radical (unpaired) electrons. The van der Waals surface area contributed by atoms with Crippen LogP contribution in [0.2, 0.25) is 0 Å². The number of nitrogens with one attached hydrogen (secondary N) is 1. The van der Waals surface area contributed by atoms with Crippen molar-refractivity contribution in [2.45, 2.75) is 32.4 Å². The van der Waals surface area contributed by atoms with Gasteiger partial charge in [-0.25, -0.2) is 0 Å². The zero-order valence-corrected chi connectivity index (χ0v) is 12.3. The maximum atomic E-state index is 5.41. The zero-order valence-electron chi connectivity index (χ0n) is 12.3. The summed E-state index contributed by atoms with van der Waals surface area (Å²) in [7, 11) is 0. The molecule has 2 atom stereocenters. The van der Waals surface area contributed by atoms with Crippen molar-refractivity contribution in [1.29, 1.82) is 0 Å². The van der Waals surface area contributed by atoms with E-state index in [1.54, 1.807) is 0 Å². The summed E-state index contributed by atoms with van der Waals surface area (Å²) < 4.78 is 10.7. The normalized spacial score (nSPS) is 19.8. The van der Waals surface area contributed by atoms with Gasteiger partial charge in [0.2, 0.25) is 5.89 Å². The van der Waals surface area contributed by atoms with E-state index in [0.29, 0.717) is 30.8 Å². The van der Waals surface area contributed by atoms with Crippen LogP contribution >= 0.6 is 0 Å². The highest BCUT2D eigenvalue weighted by molar-refractivity contribution is 5.18. The van der Waals surface area contributed by atoms with Crippen molar-refractivity contribution in [2.24, 2.45) is 5.92 Å². The molecule has 0 spiro atoms. The predicted molar refractivity (Wildman–Crippen MR) is 78.8 cm³/mol. The third-order valence-corrected chi connectivity index (χ3v) is 3.96. The summed E-state index contributed by atoms with van der Waals surface area (Å²) in [5.74, 6) is 1.96. The van der Waals surface area contributed by atoms with E-state index in [4.69, 9.17) is 9.26 Å². The number of benzene rings is 1. The van der Waals surface area contributed by atoms with Crippen molar-refractivity contribution in [2.75, 3.05) is 13.2 Å². The molecule has 1 saturated heterocycles. The monoisotopic (exact) mass is 287 g/mol. The highest BCUT2D eigenvalue weighted by Gasteiger charge is 2.22. The second-order valence-electron chi connectivity index (χ2n) is 5.56. The topological polar surface area (TPSA) is 60.2 Å². The van der Waals surface area contributed by atoms with Crippen LogP contribution in [0.25, 0.3) is 0 Å². The van der Waals surface area contributed by atoms with Gasteiger partial charge in [0.1, 0.15) is 0 Å². The summed E-state index contributed by atoms with van der Waals surface area (Å²) in [4.78, 5) is 4.43. The van der Waals surface area contributed by atoms with Crippen molar-refractivity contribution in [3.8, 4) is 0 Å². The van der Waals surface area contributed by atoms with Crippen molar-refractivity contribution in [3.05, 3.63) is 47.6 Å². The molecule has 1 aromatic heterocycles. The van der Waals surface area contributed by atoms with E-state index in [2.05, 4.69) is 34.5 Å². The number of ether oxygens (including phenoxy) is 1. The Hall–Kier alpha value is -1.72. The van der Waals surface area contributed by atoms with Crippen LogP contribution in [0, 0.1) is 5.92 Å². The molecule has 1 fully saturated rings. The first kappa shape index (κ1) is 14.2. The largest absolute Gasteiger partial charge is 0.381 e. The quantitative estimate of drug-likeness (QED) is 0.882. The Morgan fingerprint density at radius 1 is 1.33 bits per heavy atom. The molecule has 0 aliphatic carbocycles. The molecule has 112 valence electrons. The Morgan fingerprint density at radius 3 is 2.95 bits per heavy atom. The van der Waals surface area contributed by atoms with E-state index in [-0.39, 0.29) is 0 Å². The Balaban J connectivity index is 1.50. The van der Waals surface area contributed by atoms with E-state index in [1.165, 1.54) is 5.56 Å². The van der Waals surface area contributed by atoms with Gasteiger partial charge in [-0.05, 0) is 24.8 Å². The van der Waals surface area contributed by atoms with Crippen LogP contribution in [-0.4, -0.2) is 29.4 Å². The SMILES string of the molecule is CC(NCc1nc(Cc2ccccc2)no1)C1CCOC1. The summed E-state index contributed by atoms with van der Waals surface area (Å²) in [5, 5.41) is 7.48. The number of nitrogens with zero attached hydrogens (tertiary/aromatic N) is 2. The third kappa shape index (κ3) is 3.89. The second-order valence-corrected chi connectivity index (χ2v) is 5.56. The van der Waals surface area contributed by atoms with Crippen molar-refractivity contribution >= 4 is 0 Å². The van der Waals surface area contributed by atoms with Crippen molar-refractivity contribution < 1.29 is 9.26 Å². The molecule has 1 aliphatic rings. The number of aromatic nitrogens is 2. The highest BCUT2D eigenvalue weighted by atomic mass is 16.5. The molecular weight excluding hydrogens is 266 g/mol. The number of hydrogen-bond acceptors (Lipinski definition) is 5. The molecule has 3 rings (SSSR count). The number of hydrogen-bond donors (Lipinski definition) is 1. The summed E-state index contributed by atoms with van der Waals surface area (Å²) in [6.07, 6.45) is 1.83. The molecule has 0 amide bonds. The van der Waals surface area contributed by atoms with Gasteiger partial charge in [-0.3, -0.25) is 0 Å². The lowest BCUT2D eigenvalue weighted by atomic mass is 10.0. The minimum absolute atomic E-state index is 0.400. The van der Waals surface area contributed by atoms with E-state index in [1.807, 2.05) is 18.2 Å². The predicted octanol–water partition coefficient (Wildman–Crippen LogP) is 2.17. The molecule has 2 aromatic rings. The van der Waals surface area contributed by atoms with Crippen LogP contribution in [0.15, 0.2) is 34.9 Å². The van der Waals surface area contributed by atoms with Crippen LogP contribution in [0.3, 0.4) is 0 Å². The Morgan fingerprint density at radius 2 is 2.19 bits per heavy atom. The highest BCUT2D eigenvalue weighted by Crippen LogP contribution is 2.16. The molecule has 2 heterocycles. The van der Waals surface area contributed by atoms with Crippen LogP contribution in [-0.2, 0) is 17.7 Å². The first-order valence-electron chi connectivity index (χ1n) is 7.48. The smallest absolute Gasteiger partial charge is 0.240 e. The third-order valence-electron chi connectivity index (χ3n) is 3.96. The summed E-state index contributed by atoms with van der Waals surface area (Å²) in [5.41, 5.74) is 1.19. The average molecular weight is 287 g/mol. The van der Waals surface area contributed by atoms with Crippen molar-refractivity contribution in [3.63, 3.8) is 0 Å². The molecular formula is C16H21N3O2. The zero-order chi connectivity index (χ0) is 14.5. The van der Waals surface area contributed by atoms with Crippen LogP contribution in [0.1, 0.15) is 30.6 Å². The molecule has 21 heavy (non-hydrogen) atoms. The van der Waals surface area contributed by atoms with Gasteiger partial charge in [-0.1, -0.05) is 35.5 Å². The lowest BCUT2D eigenvalue weighted by Gasteiger charge is -2.17. The Kier molecular flexibility index (Phi) is 4.62. The van der Waals surface area contributed by atoms with E-state index >= 15 is 0 Å². The Bertz CT molecular complexity index is 550. The minimum Gasteiger partial charge on any atom is -0.381 e. The molecule has 1 N–H and O–H groups in total. The van der Waals surface area contributed by atoms with Crippen molar-refractivity contribution in [1.82, 2.24) is 15.5 Å². The standard InChI is InChI=1S/C16H21N3O2/c1-12(14-7-8-20-11-14)17-10-16-18-15(19-21-16)9-13-5-3-2-4-6-13/h2-6,12,14,17H,7-11H2,1H3. The molecule has 5 nitrogen and oxygen atoms in total. The van der Waals surface area contributed by atoms with Crippen LogP contribution in [0.4, 0.5) is 0 Å². The molecule has 0 bridgehead atoms. The first-order valence-corrected chi connectivity index (χ1v) is 7.48. The fourth-order valence-electron chi connectivity index (χ4n) is 2.57. The summed E-state index contributed by atoms with van der Waals surface area (Å²) in [6.45, 7) is 4.51. The molecule has 2 unspecified atom stereocenters. The van der Waals surface area contributed by atoms with Gasteiger partial charge in [0.25, 0.3) is 0 Å². The molecule has 0 saturated carbocycles. The van der Waals surface area contributed by atoms with E-state index in [9.17, 15) is 0 Å². The van der Waals surface area contributed by atoms with E-state index in [0.717, 1.165) is 25.5 Å². The van der Waals surface area contributed by atoms with Gasteiger partial charge in [0, 0.05) is 19.1 Å². The number of rotatable bonds is 6. The fourth-order valence-corrected chi connectivity index (χ4v) is 2.57. The van der Waals surface area contributed by atoms with Gasteiger partial charge >= 0.3 is 0 Å². The first-order chi connectivity index (χ1) is 10.3. The lowest BCUT2D eigenvalue weighted by molar-refractivity contribution is 0.177. The fraction of sp³-hybridized carbons (Fsp3) is 0.500.